The molecule has 0 spiro atoms. The molecule has 122 valence electrons. The van der Waals surface area contributed by atoms with Crippen molar-refractivity contribution in [3.05, 3.63) is 34.3 Å². The second kappa shape index (κ2) is 10.3. The predicted molar refractivity (Wildman–Crippen MR) is 87.5 cm³/mol. The number of aliphatic carboxylic acids is 1. The van der Waals surface area contributed by atoms with Crippen molar-refractivity contribution in [2.24, 2.45) is 0 Å². The van der Waals surface area contributed by atoms with Crippen LogP contribution in [0.4, 0.5) is 0 Å². The first-order chi connectivity index (χ1) is 10.5. The SMILES string of the molecule is CCCCOCC(=O)N(CCC(=O)O)Cc1cccc(Br)c1. The van der Waals surface area contributed by atoms with Crippen LogP contribution >= 0.6 is 15.9 Å². The molecule has 0 aliphatic heterocycles. The average molecular weight is 372 g/mol. The molecule has 0 saturated carbocycles. The molecule has 1 rings (SSSR count). The Kier molecular flexibility index (Phi) is 8.77. The van der Waals surface area contributed by atoms with Crippen LogP contribution in [0.1, 0.15) is 31.7 Å². The first-order valence-corrected chi connectivity index (χ1v) is 8.14. The fourth-order valence-corrected chi connectivity index (χ4v) is 2.32. The summed E-state index contributed by atoms with van der Waals surface area (Å²) < 4.78 is 6.26. The summed E-state index contributed by atoms with van der Waals surface area (Å²) in [5.74, 6) is -1.10. The minimum Gasteiger partial charge on any atom is -0.481 e. The van der Waals surface area contributed by atoms with E-state index in [1.54, 1.807) is 0 Å². The van der Waals surface area contributed by atoms with Gasteiger partial charge in [0, 0.05) is 24.2 Å². The summed E-state index contributed by atoms with van der Waals surface area (Å²) >= 11 is 3.39. The number of unbranched alkanes of at least 4 members (excludes halogenated alkanes) is 1. The molecule has 1 amide bonds. The minimum absolute atomic E-state index is 0.00633. The van der Waals surface area contributed by atoms with E-state index in [9.17, 15) is 9.59 Å². The summed E-state index contributed by atoms with van der Waals surface area (Å²) in [6, 6.07) is 7.61. The van der Waals surface area contributed by atoms with E-state index in [-0.39, 0.29) is 25.5 Å². The Morgan fingerprint density at radius 1 is 1.36 bits per heavy atom. The Morgan fingerprint density at radius 3 is 2.77 bits per heavy atom. The van der Waals surface area contributed by atoms with Gasteiger partial charge in [-0.25, -0.2) is 0 Å². The van der Waals surface area contributed by atoms with Crippen molar-refractivity contribution < 1.29 is 19.4 Å². The van der Waals surface area contributed by atoms with Gasteiger partial charge in [0.1, 0.15) is 6.61 Å². The summed E-state index contributed by atoms with van der Waals surface area (Å²) in [6.07, 6.45) is 1.84. The predicted octanol–water partition coefficient (Wildman–Crippen LogP) is 3.07. The van der Waals surface area contributed by atoms with Gasteiger partial charge in [0.2, 0.25) is 5.91 Å². The molecule has 0 fully saturated rings. The van der Waals surface area contributed by atoms with E-state index < -0.39 is 5.97 Å². The number of carbonyl (C=O) groups is 2. The molecule has 6 heteroatoms. The van der Waals surface area contributed by atoms with Gasteiger partial charge in [-0.1, -0.05) is 41.4 Å². The van der Waals surface area contributed by atoms with Crippen molar-refractivity contribution in [2.75, 3.05) is 19.8 Å². The third-order valence-corrected chi connectivity index (χ3v) is 3.57. The van der Waals surface area contributed by atoms with Gasteiger partial charge in [0.05, 0.1) is 6.42 Å². The van der Waals surface area contributed by atoms with Crippen molar-refractivity contribution >= 4 is 27.8 Å². The average Bonchev–Trinajstić information content (AvgIpc) is 2.47. The van der Waals surface area contributed by atoms with E-state index in [1.807, 2.05) is 24.3 Å². The molecule has 0 radical (unpaired) electrons. The van der Waals surface area contributed by atoms with E-state index >= 15 is 0 Å². The Morgan fingerprint density at radius 2 is 2.14 bits per heavy atom. The zero-order chi connectivity index (χ0) is 16.4. The Bertz CT molecular complexity index is 493. The minimum atomic E-state index is -0.918. The highest BCUT2D eigenvalue weighted by molar-refractivity contribution is 9.10. The molecular weight excluding hydrogens is 350 g/mol. The van der Waals surface area contributed by atoms with Gasteiger partial charge in [-0.3, -0.25) is 9.59 Å². The van der Waals surface area contributed by atoms with Crippen LogP contribution in [0.3, 0.4) is 0 Å². The van der Waals surface area contributed by atoms with Gasteiger partial charge in [0.15, 0.2) is 0 Å². The number of hydrogen-bond acceptors (Lipinski definition) is 3. The summed E-state index contributed by atoms with van der Waals surface area (Å²) in [7, 11) is 0. The highest BCUT2D eigenvalue weighted by Gasteiger charge is 2.15. The number of nitrogens with zero attached hydrogens (tertiary/aromatic N) is 1. The molecule has 0 aliphatic rings. The van der Waals surface area contributed by atoms with Crippen LogP contribution in [-0.2, 0) is 20.9 Å². The number of halogens is 1. The van der Waals surface area contributed by atoms with Crippen LogP contribution in [0.2, 0.25) is 0 Å². The van der Waals surface area contributed by atoms with E-state index in [0.29, 0.717) is 13.2 Å². The summed E-state index contributed by atoms with van der Waals surface area (Å²) in [5, 5.41) is 8.82. The molecule has 1 aromatic carbocycles. The topological polar surface area (TPSA) is 66.8 Å². The van der Waals surface area contributed by atoms with E-state index in [2.05, 4.69) is 22.9 Å². The molecule has 1 N–H and O–H groups in total. The lowest BCUT2D eigenvalue weighted by Gasteiger charge is -2.22. The molecule has 0 atom stereocenters. The molecule has 1 aromatic rings. The molecule has 0 unspecified atom stereocenters. The van der Waals surface area contributed by atoms with Gasteiger partial charge in [0.25, 0.3) is 0 Å². The standard InChI is InChI=1S/C16H22BrNO4/c1-2-3-9-22-12-15(19)18(8-7-16(20)21)11-13-5-4-6-14(17)10-13/h4-6,10H,2-3,7-9,11-12H2,1H3,(H,20,21). The number of rotatable bonds is 10. The van der Waals surface area contributed by atoms with Crippen molar-refractivity contribution in [2.45, 2.75) is 32.7 Å². The summed E-state index contributed by atoms with van der Waals surface area (Å²) in [6.45, 7) is 3.15. The molecule has 0 aromatic heterocycles. The van der Waals surface area contributed by atoms with Crippen LogP contribution in [0.25, 0.3) is 0 Å². The van der Waals surface area contributed by atoms with Crippen molar-refractivity contribution in [1.82, 2.24) is 4.90 Å². The van der Waals surface area contributed by atoms with E-state index in [1.165, 1.54) is 4.90 Å². The first kappa shape index (κ1) is 18.6. The molecular formula is C16H22BrNO4. The fraction of sp³-hybridized carbons (Fsp3) is 0.500. The van der Waals surface area contributed by atoms with Gasteiger partial charge in [-0.2, -0.15) is 0 Å². The molecule has 0 heterocycles. The van der Waals surface area contributed by atoms with Gasteiger partial charge >= 0.3 is 5.97 Å². The maximum absolute atomic E-state index is 12.2. The van der Waals surface area contributed by atoms with E-state index in [4.69, 9.17) is 9.84 Å². The highest BCUT2D eigenvalue weighted by Crippen LogP contribution is 2.14. The molecule has 0 bridgehead atoms. The first-order valence-electron chi connectivity index (χ1n) is 7.34. The zero-order valence-corrected chi connectivity index (χ0v) is 14.3. The number of carboxylic acids is 1. The van der Waals surface area contributed by atoms with Gasteiger partial charge in [-0.15, -0.1) is 0 Å². The number of amides is 1. The Balaban J connectivity index is 2.61. The normalized spacial score (nSPS) is 10.5. The van der Waals surface area contributed by atoms with E-state index in [0.717, 1.165) is 22.9 Å². The summed E-state index contributed by atoms with van der Waals surface area (Å²) in [4.78, 5) is 24.5. The quantitative estimate of drug-likeness (QED) is 0.641. The molecule has 0 saturated heterocycles. The molecule has 5 nitrogen and oxygen atoms in total. The van der Waals surface area contributed by atoms with Crippen molar-refractivity contribution in [3.8, 4) is 0 Å². The number of hydrogen-bond donors (Lipinski definition) is 1. The maximum Gasteiger partial charge on any atom is 0.305 e. The van der Waals surface area contributed by atoms with Gasteiger partial charge in [-0.05, 0) is 24.1 Å². The number of carbonyl (C=O) groups excluding carboxylic acids is 1. The smallest absolute Gasteiger partial charge is 0.305 e. The number of ether oxygens (including phenoxy) is 1. The fourth-order valence-electron chi connectivity index (χ4n) is 1.88. The number of carboxylic acid groups (broad SMARTS) is 1. The van der Waals surface area contributed by atoms with Crippen LogP contribution < -0.4 is 0 Å². The van der Waals surface area contributed by atoms with Crippen molar-refractivity contribution in [3.63, 3.8) is 0 Å². The van der Waals surface area contributed by atoms with Crippen LogP contribution in [0.15, 0.2) is 28.7 Å². The number of benzene rings is 1. The highest BCUT2D eigenvalue weighted by atomic mass is 79.9. The summed E-state index contributed by atoms with van der Waals surface area (Å²) in [5.41, 5.74) is 0.946. The lowest BCUT2D eigenvalue weighted by atomic mass is 10.2. The third-order valence-electron chi connectivity index (χ3n) is 3.08. The second-order valence-corrected chi connectivity index (χ2v) is 5.91. The molecule has 22 heavy (non-hydrogen) atoms. The van der Waals surface area contributed by atoms with Crippen molar-refractivity contribution in [1.29, 1.82) is 0 Å². The third kappa shape index (κ3) is 7.56. The monoisotopic (exact) mass is 371 g/mol. The maximum atomic E-state index is 12.2. The Labute approximate surface area is 139 Å². The second-order valence-electron chi connectivity index (χ2n) is 5.00. The lowest BCUT2D eigenvalue weighted by molar-refractivity contribution is -0.140. The Hall–Kier alpha value is -1.40. The largest absolute Gasteiger partial charge is 0.481 e. The molecule has 0 aliphatic carbocycles. The lowest BCUT2D eigenvalue weighted by Crippen LogP contribution is -2.35. The zero-order valence-electron chi connectivity index (χ0n) is 12.8. The van der Waals surface area contributed by atoms with Gasteiger partial charge < -0.3 is 14.7 Å². The van der Waals surface area contributed by atoms with Crippen LogP contribution in [0.5, 0.6) is 0 Å². The van der Waals surface area contributed by atoms with Crippen LogP contribution in [-0.4, -0.2) is 41.6 Å². The van der Waals surface area contributed by atoms with Crippen LogP contribution in [0, 0.1) is 0 Å².